The highest BCUT2D eigenvalue weighted by Crippen LogP contribution is 2.29. The minimum atomic E-state index is -0.485. The van der Waals surface area contributed by atoms with E-state index in [9.17, 15) is 15.2 Å². The number of phenolic OH excluding ortho intramolecular Hbond substituents is 1. The Morgan fingerprint density at radius 2 is 2.10 bits per heavy atom. The van der Waals surface area contributed by atoms with Gasteiger partial charge in [0.25, 0.3) is 5.69 Å². The SMILES string of the molecule is COc1ccc(CNc2cc([N+](=O)[O-])ccc2Cl)cc1O. The molecule has 0 aromatic heterocycles. The molecule has 0 heterocycles. The van der Waals surface area contributed by atoms with Gasteiger partial charge in [0.1, 0.15) is 0 Å². The highest BCUT2D eigenvalue weighted by atomic mass is 35.5. The molecule has 0 bridgehead atoms. The molecule has 0 aliphatic rings. The molecule has 2 aromatic carbocycles. The molecule has 2 rings (SSSR count). The smallest absolute Gasteiger partial charge is 0.271 e. The van der Waals surface area contributed by atoms with Crippen LogP contribution in [0.1, 0.15) is 5.56 Å². The number of halogens is 1. The largest absolute Gasteiger partial charge is 0.504 e. The fourth-order valence-electron chi connectivity index (χ4n) is 1.81. The van der Waals surface area contributed by atoms with E-state index in [0.29, 0.717) is 23.0 Å². The molecule has 0 unspecified atom stereocenters. The lowest BCUT2D eigenvalue weighted by Crippen LogP contribution is -2.01. The lowest BCUT2D eigenvalue weighted by Gasteiger charge is -2.10. The summed E-state index contributed by atoms with van der Waals surface area (Å²) in [5.41, 5.74) is 1.21. The maximum atomic E-state index is 10.7. The van der Waals surface area contributed by atoms with Gasteiger partial charge >= 0.3 is 0 Å². The number of nitrogens with zero attached hydrogens (tertiary/aromatic N) is 1. The third-order valence-corrected chi connectivity index (χ3v) is 3.22. The van der Waals surface area contributed by atoms with Gasteiger partial charge in [-0.3, -0.25) is 10.1 Å². The van der Waals surface area contributed by atoms with Crippen molar-refractivity contribution in [1.29, 1.82) is 0 Å². The van der Waals surface area contributed by atoms with Crippen molar-refractivity contribution in [3.63, 3.8) is 0 Å². The molecule has 2 aromatic rings. The van der Waals surface area contributed by atoms with E-state index >= 15 is 0 Å². The average Bonchev–Trinajstić information content (AvgIpc) is 2.46. The summed E-state index contributed by atoms with van der Waals surface area (Å²) in [4.78, 5) is 10.3. The Bertz CT molecular complexity index is 676. The third kappa shape index (κ3) is 3.55. The molecule has 0 saturated carbocycles. The topological polar surface area (TPSA) is 84.6 Å². The van der Waals surface area contributed by atoms with Gasteiger partial charge in [0.2, 0.25) is 0 Å². The van der Waals surface area contributed by atoms with Gasteiger partial charge in [-0.25, -0.2) is 0 Å². The summed E-state index contributed by atoms with van der Waals surface area (Å²) < 4.78 is 4.96. The number of benzene rings is 2. The Balaban J connectivity index is 2.14. The lowest BCUT2D eigenvalue weighted by atomic mass is 10.2. The summed E-state index contributed by atoms with van der Waals surface area (Å²) >= 11 is 5.99. The standard InChI is InChI=1S/C14H13ClN2O4/c1-21-14-5-2-9(6-13(14)18)8-16-12-7-10(17(19)20)3-4-11(12)15/h2-7,16,18H,8H2,1H3. The number of nitro benzene ring substituents is 1. The fourth-order valence-corrected chi connectivity index (χ4v) is 1.99. The van der Waals surface area contributed by atoms with Gasteiger partial charge in [0.15, 0.2) is 11.5 Å². The minimum absolute atomic E-state index is 0.0296. The van der Waals surface area contributed by atoms with Crippen molar-refractivity contribution in [3.05, 3.63) is 57.1 Å². The van der Waals surface area contributed by atoms with Crippen molar-refractivity contribution in [2.75, 3.05) is 12.4 Å². The molecule has 110 valence electrons. The van der Waals surface area contributed by atoms with Crippen LogP contribution in [-0.2, 0) is 6.54 Å². The first-order valence-electron chi connectivity index (χ1n) is 6.05. The second kappa shape index (κ2) is 6.32. The molecule has 0 aliphatic carbocycles. The molecule has 0 radical (unpaired) electrons. The van der Waals surface area contributed by atoms with E-state index in [1.807, 2.05) is 0 Å². The van der Waals surface area contributed by atoms with Crippen LogP contribution in [0.5, 0.6) is 11.5 Å². The van der Waals surface area contributed by atoms with Crippen LogP contribution in [0.15, 0.2) is 36.4 Å². The fraction of sp³-hybridized carbons (Fsp3) is 0.143. The van der Waals surface area contributed by atoms with E-state index < -0.39 is 4.92 Å². The number of methoxy groups -OCH3 is 1. The Kier molecular flexibility index (Phi) is 4.49. The summed E-state index contributed by atoms with van der Waals surface area (Å²) in [5.74, 6) is 0.411. The van der Waals surface area contributed by atoms with Crippen LogP contribution >= 0.6 is 11.6 Å². The number of ether oxygens (including phenoxy) is 1. The van der Waals surface area contributed by atoms with Gasteiger partial charge in [-0.2, -0.15) is 0 Å². The Morgan fingerprint density at radius 3 is 2.71 bits per heavy atom. The van der Waals surface area contributed by atoms with Gasteiger partial charge in [-0.05, 0) is 23.8 Å². The van der Waals surface area contributed by atoms with Crippen LogP contribution in [0.3, 0.4) is 0 Å². The molecule has 0 fully saturated rings. The monoisotopic (exact) mass is 308 g/mol. The van der Waals surface area contributed by atoms with Crippen molar-refractivity contribution in [1.82, 2.24) is 0 Å². The van der Waals surface area contributed by atoms with Crippen LogP contribution < -0.4 is 10.1 Å². The number of nitrogens with one attached hydrogen (secondary N) is 1. The first kappa shape index (κ1) is 14.9. The summed E-state index contributed by atoms with van der Waals surface area (Å²) in [5, 5.41) is 23.8. The lowest BCUT2D eigenvalue weighted by molar-refractivity contribution is -0.384. The second-order valence-corrected chi connectivity index (χ2v) is 4.69. The first-order chi connectivity index (χ1) is 10.0. The van der Waals surface area contributed by atoms with Gasteiger partial charge in [0.05, 0.1) is 22.7 Å². The Labute approximate surface area is 126 Å². The van der Waals surface area contributed by atoms with E-state index in [1.165, 1.54) is 25.3 Å². The summed E-state index contributed by atoms with van der Waals surface area (Å²) in [6.45, 7) is 0.360. The van der Waals surface area contributed by atoms with E-state index in [4.69, 9.17) is 16.3 Å². The molecule has 0 saturated heterocycles. The van der Waals surface area contributed by atoms with Crippen molar-refractivity contribution in [2.45, 2.75) is 6.54 Å². The summed E-state index contributed by atoms with van der Waals surface area (Å²) in [6.07, 6.45) is 0. The van der Waals surface area contributed by atoms with Crippen molar-refractivity contribution >= 4 is 23.0 Å². The maximum absolute atomic E-state index is 10.7. The normalized spacial score (nSPS) is 10.2. The van der Waals surface area contributed by atoms with Crippen molar-refractivity contribution < 1.29 is 14.8 Å². The van der Waals surface area contributed by atoms with Crippen LogP contribution in [0.2, 0.25) is 5.02 Å². The van der Waals surface area contributed by atoms with Gasteiger partial charge in [-0.15, -0.1) is 0 Å². The predicted molar refractivity (Wildman–Crippen MR) is 80.1 cm³/mol. The highest BCUT2D eigenvalue weighted by molar-refractivity contribution is 6.33. The van der Waals surface area contributed by atoms with E-state index in [-0.39, 0.29) is 11.4 Å². The van der Waals surface area contributed by atoms with Gasteiger partial charge < -0.3 is 15.2 Å². The molecule has 6 nitrogen and oxygen atoms in total. The first-order valence-corrected chi connectivity index (χ1v) is 6.42. The maximum Gasteiger partial charge on any atom is 0.271 e. The minimum Gasteiger partial charge on any atom is -0.504 e. The van der Waals surface area contributed by atoms with Crippen LogP contribution in [-0.4, -0.2) is 17.1 Å². The van der Waals surface area contributed by atoms with Crippen molar-refractivity contribution in [3.8, 4) is 11.5 Å². The Hall–Kier alpha value is -2.47. The van der Waals surface area contributed by atoms with E-state index in [0.717, 1.165) is 5.56 Å². The predicted octanol–water partition coefficient (Wildman–Crippen LogP) is 3.57. The third-order valence-electron chi connectivity index (χ3n) is 2.89. The van der Waals surface area contributed by atoms with Crippen molar-refractivity contribution in [2.24, 2.45) is 0 Å². The summed E-state index contributed by atoms with van der Waals surface area (Å²) in [7, 11) is 1.47. The van der Waals surface area contributed by atoms with Crippen LogP contribution in [0.4, 0.5) is 11.4 Å². The summed E-state index contributed by atoms with van der Waals surface area (Å²) in [6, 6.07) is 9.14. The number of aromatic hydroxyl groups is 1. The van der Waals surface area contributed by atoms with Crippen LogP contribution in [0.25, 0.3) is 0 Å². The zero-order valence-electron chi connectivity index (χ0n) is 11.2. The number of nitro groups is 1. The van der Waals surface area contributed by atoms with Crippen LogP contribution in [0, 0.1) is 10.1 Å². The number of rotatable bonds is 5. The highest BCUT2D eigenvalue weighted by Gasteiger charge is 2.10. The zero-order valence-corrected chi connectivity index (χ0v) is 11.9. The molecule has 2 N–H and O–H groups in total. The van der Waals surface area contributed by atoms with E-state index in [2.05, 4.69) is 5.32 Å². The average molecular weight is 309 g/mol. The molecular weight excluding hydrogens is 296 g/mol. The quantitative estimate of drug-likeness (QED) is 0.651. The molecule has 7 heteroatoms. The number of non-ortho nitro benzene ring substituents is 1. The number of hydrogen-bond donors (Lipinski definition) is 2. The zero-order chi connectivity index (χ0) is 15.4. The molecule has 0 spiro atoms. The molecular formula is C14H13ClN2O4. The molecule has 0 aliphatic heterocycles. The van der Waals surface area contributed by atoms with Gasteiger partial charge in [-0.1, -0.05) is 17.7 Å². The number of phenols is 1. The molecule has 0 amide bonds. The van der Waals surface area contributed by atoms with E-state index in [1.54, 1.807) is 18.2 Å². The second-order valence-electron chi connectivity index (χ2n) is 4.28. The molecule has 21 heavy (non-hydrogen) atoms. The Morgan fingerprint density at radius 1 is 1.33 bits per heavy atom. The number of hydrogen-bond acceptors (Lipinski definition) is 5. The molecule has 0 atom stereocenters. The van der Waals surface area contributed by atoms with Gasteiger partial charge in [0, 0.05) is 18.7 Å². The number of anilines is 1.